The van der Waals surface area contributed by atoms with Gasteiger partial charge in [-0.2, -0.15) is 5.26 Å². The summed E-state index contributed by atoms with van der Waals surface area (Å²) in [5, 5.41) is 16.3. The predicted molar refractivity (Wildman–Crippen MR) is 131 cm³/mol. The van der Waals surface area contributed by atoms with E-state index in [1.807, 2.05) is 0 Å². The van der Waals surface area contributed by atoms with E-state index in [1.54, 1.807) is 22.9 Å². The highest BCUT2D eigenvalue weighted by atomic mass is 19.1. The van der Waals surface area contributed by atoms with Gasteiger partial charge < -0.3 is 15.4 Å². The van der Waals surface area contributed by atoms with Gasteiger partial charge in [0.05, 0.1) is 12.8 Å². The van der Waals surface area contributed by atoms with Gasteiger partial charge in [-0.15, -0.1) is 0 Å². The van der Waals surface area contributed by atoms with Crippen molar-refractivity contribution in [3.63, 3.8) is 0 Å². The van der Waals surface area contributed by atoms with E-state index in [0.717, 1.165) is 41.0 Å². The second-order valence-electron chi connectivity index (χ2n) is 9.10. The highest BCUT2D eigenvalue weighted by molar-refractivity contribution is 5.80. The molecule has 35 heavy (non-hydrogen) atoms. The first kappa shape index (κ1) is 21.6. The molecule has 2 aromatic carbocycles. The Morgan fingerprint density at radius 2 is 2.20 bits per heavy atom. The van der Waals surface area contributed by atoms with Crippen LogP contribution in [0.4, 0.5) is 10.3 Å². The van der Waals surface area contributed by atoms with Crippen LogP contribution in [0.1, 0.15) is 46.8 Å². The van der Waals surface area contributed by atoms with E-state index in [4.69, 9.17) is 4.74 Å². The Morgan fingerprint density at radius 3 is 3.00 bits per heavy atom. The minimum absolute atomic E-state index is 0.252. The second kappa shape index (κ2) is 8.67. The standard InChI is InChI=1S/C27H25FN6O/c1-16-11-17(24-3-2-9-30-24)4-5-19(16)22-14-32-27(34-15-18(12-29)33-26(22)34)31-13-21-20-8-10-35-25(20)7-6-23(21)28/h4-7,11,14-15,24,30H,2-3,8-10,13H2,1H3,(H,31,32). The van der Waals surface area contributed by atoms with E-state index in [1.165, 1.54) is 18.1 Å². The van der Waals surface area contributed by atoms with E-state index in [0.29, 0.717) is 41.9 Å². The summed E-state index contributed by atoms with van der Waals surface area (Å²) in [6.07, 6.45) is 6.46. The number of hydrogen-bond acceptors (Lipinski definition) is 6. The van der Waals surface area contributed by atoms with Gasteiger partial charge in [-0.1, -0.05) is 18.2 Å². The molecule has 0 radical (unpaired) electrons. The van der Waals surface area contributed by atoms with Gasteiger partial charge in [-0.05, 0) is 55.1 Å². The number of aryl methyl sites for hydroxylation is 1. The number of nitrogens with one attached hydrogen (secondary N) is 2. The molecular formula is C27H25FN6O. The summed E-state index contributed by atoms with van der Waals surface area (Å²) in [5.41, 5.74) is 6.68. The fourth-order valence-corrected chi connectivity index (χ4v) is 5.20. The Labute approximate surface area is 202 Å². The zero-order chi connectivity index (χ0) is 23.9. The molecular weight excluding hydrogens is 443 g/mol. The van der Waals surface area contributed by atoms with Crippen molar-refractivity contribution in [3.05, 3.63) is 76.5 Å². The van der Waals surface area contributed by atoms with E-state index in [9.17, 15) is 9.65 Å². The molecule has 1 fully saturated rings. The minimum Gasteiger partial charge on any atom is -0.493 e. The van der Waals surface area contributed by atoms with Gasteiger partial charge in [0, 0.05) is 41.9 Å². The summed E-state index contributed by atoms with van der Waals surface area (Å²) >= 11 is 0. The molecule has 0 aliphatic carbocycles. The maximum absolute atomic E-state index is 14.6. The molecule has 1 atom stereocenters. The zero-order valence-electron chi connectivity index (χ0n) is 19.4. The van der Waals surface area contributed by atoms with Crippen molar-refractivity contribution in [1.29, 1.82) is 5.26 Å². The molecule has 0 saturated carbocycles. The lowest BCUT2D eigenvalue weighted by Gasteiger charge is -2.16. The number of hydrogen-bond donors (Lipinski definition) is 2. The topological polar surface area (TPSA) is 87.3 Å². The lowest BCUT2D eigenvalue weighted by Crippen LogP contribution is -2.13. The molecule has 7 nitrogen and oxygen atoms in total. The number of aromatic nitrogens is 3. The molecule has 1 saturated heterocycles. The number of benzene rings is 2. The van der Waals surface area contributed by atoms with Crippen molar-refractivity contribution in [2.75, 3.05) is 18.5 Å². The number of rotatable bonds is 5. The van der Waals surface area contributed by atoms with Crippen molar-refractivity contribution in [2.24, 2.45) is 0 Å². The first-order valence-corrected chi connectivity index (χ1v) is 11.9. The molecule has 8 heteroatoms. The quantitative estimate of drug-likeness (QED) is 0.442. The van der Waals surface area contributed by atoms with Gasteiger partial charge in [0.15, 0.2) is 11.3 Å². The lowest BCUT2D eigenvalue weighted by molar-refractivity contribution is 0.356. The predicted octanol–water partition coefficient (Wildman–Crippen LogP) is 4.69. The fraction of sp³-hybridized carbons (Fsp3) is 0.296. The number of anilines is 1. The van der Waals surface area contributed by atoms with Crippen LogP contribution in [-0.2, 0) is 13.0 Å². The molecule has 0 spiro atoms. The van der Waals surface area contributed by atoms with Crippen LogP contribution in [0.15, 0.2) is 42.7 Å². The van der Waals surface area contributed by atoms with E-state index >= 15 is 0 Å². The molecule has 2 aliphatic heterocycles. The first-order valence-electron chi connectivity index (χ1n) is 11.9. The minimum atomic E-state index is -0.273. The number of nitriles is 1. The Kier molecular flexibility index (Phi) is 5.34. The van der Waals surface area contributed by atoms with Crippen molar-refractivity contribution in [2.45, 2.75) is 38.8 Å². The van der Waals surface area contributed by atoms with Crippen LogP contribution in [-0.4, -0.2) is 27.5 Å². The largest absolute Gasteiger partial charge is 0.493 e. The second-order valence-corrected chi connectivity index (χ2v) is 9.10. The number of halogens is 1. The molecule has 2 aromatic heterocycles. The SMILES string of the molecule is Cc1cc(C2CCCN2)ccc1-c1cnc(NCc2c(F)ccc3c2CCO3)n2cc(C#N)nc12. The van der Waals surface area contributed by atoms with Crippen molar-refractivity contribution in [1.82, 2.24) is 19.7 Å². The van der Waals surface area contributed by atoms with Crippen molar-refractivity contribution in [3.8, 4) is 22.9 Å². The molecule has 2 N–H and O–H groups in total. The maximum Gasteiger partial charge on any atom is 0.208 e. The van der Waals surface area contributed by atoms with Crippen LogP contribution in [0.25, 0.3) is 16.8 Å². The van der Waals surface area contributed by atoms with Gasteiger partial charge >= 0.3 is 0 Å². The van der Waals surface area contributed by atoms with Gasteiger partial charge in [-0.25, -0.2) is 14.4 Å². The molecule has 1 unspecified atom stereocenters. The fourth-order valence-electron chi connectivity index (χ4n) is 5.20. The maximum atomic E-state index is 14.6. The lowest BCUT2D eigenvalue weighted by atomic mass is 9.96. The van der Waals surface area contributed by atoms with E-state index < -0.39 is 0 Å². The van der Waals surface area contributed by atoms with Gasteiger partial charge in [0.2, 0.25) is 5.95 Å². The molecule has 4 heterocycles. The zero-order valence-corrected chi connectivity index (χ0v) is 19.4. The van der Waals surface area contributed by atoms with Crippen LogP contribution >= 0.6 is 0 Å². The summed E-state index contributed by atoms with van der Waals surface area (Å²) in [5.74, 6) is 0.960. The molecule has 4 aromatic rings. The van der Waals surface area contributed by atoms with Gasteiger partial charge in [-0.3, -0.25) is 4.40 Å². The highest BCUT2D eigenvalue weighted by Gasteiger charge is 2.21. The third-order valence-electron chi connectivity index (χ3n) is 6.97. The first-order chi connectivity index (χ1) is 17.1. The van der Waals surface area contributed by atoms with Gasteiger partial charge in [0.1, 0.15) is 17.6 Å². The van der Waals surface area contributed by atoms with E-state index in [2.05, 4.69) is 51.8 Å². The Bertz CT molecular complexity index is 1480. The molecule has 6 rings (SSSR count). The summed E-state index contributed by atoms with van der Waals surface area (Å²) in [7, 11) is 0. The average molecular weight is 469 g/mol. The Balaban J connectivity index is 1.36. The summed E-state index contributed by atoms with van der Waals surface area (Å²) in [4.78, 5) is 9.20. The average Bonchev–Trinajstić information content (AvgIpc) is 3.64. The van der Waals surface area contributed by atoms with Crippen LogP contribution < -0.4 is 15.4 Å². The number of fused-ring (bicyclic) bond motifs is 2. The van der Waals surface area contributed by atoms with Crippen LogP contribution in [0.5, 0.6) is 5.75 Å². The third kappa shape index (κ3) is 3.78. The van der Waals surface area contributed by atoms with Gasteiger partial charge in [0.25, 0.3) is 0 Å². The van der Waals surface area contributed by atoms with Crippen molar-refractivity contribution < 1.29 is 9.13 Å². The molecule has 0 bridgehead atoms. The Hall–Kier alpha value is -3.96. The Morgan fingerprint density at radius 1 is 1.29 bits per heavy atom. The van der Waals surface area contributed by atoms with E-state index in [-0.39, 0.29) is 12.4 Å². The smallest absolute Gasteiger partial charge is 0.208 e. The monoisotopic (exact) mass is 468 g/mol. The number of imidazole rings is 1. The number of ether oxygens (including phenoxy) is 1. The van der Waals surface area contributed by atoms with Crippen LogP contribution in [0.3, 0.4) is 0 Å². The van der Waals surface area contributed by atoms with Crippen LogP contribution in [0, 0.1) is 24.1 Å². The summed E-state index contributed by atoms with van der Waals surface area (Å²) in [6.45, 7) is 3.95. The molecule has 176 valence electrons. The summed E-state index contributed by atoms with van der Waals surface area (Å²) < 4.78 is 22.0. The highest BCUT2D eigenvalue weighted by Crippen LogP contribution is 2.33. The summed E-state index contributed by atoms with van der Waals surface area (Å²) in [6, 6.07) is 12.1. The third-order valence-corrected chi connectivity index (χ3v) is 6.97. The molecule has 2 aliphatic rings. The number of nitrogens with zero attached hydrogens (tertiary/aromatic N) is 4. The van der Waals surface area contributed by atoms with Crippen LogP contribution in [0.2, 0.25) is 0 Å². The van der Waals surface area contributed by atoms with Crippen molar-refractivity contribution >= 4 is 11.6 Å². The normalized spacial score (nSPS) is 16.8. The molecule has 0 amide bonds.